The third-order valence-corrected chi connectivity index (χ3v) is 4.55. The molecular formula is C13H13Br2N5O. The lowest BCUT2D eigenvalue weighted by Crippen LogP contribution is -2.43. The van der Waals surface area contributed by atoms with Crippen LogP contribution in [-0.4, -0.2) is 34.0 Å². The first-order chi connectivity index (χ1) is 10.0. The second-order valence-corrected chi connectivity index (χ2v) is 6.66. The maximum Gasteiger partial charge on any atom is 0.277 e. The zero-order chi connectivity index (χ0) is 15.0. The van der Waals surface area contributed by atoms with Crippen molar-refractivity contribution in [2.45, 2.75) is 13.0 Å². The lowest BCUT2D eigenvalue weighted by molar-refractivity contribution is 0.102. The molecule has 21 heavy (non-hydrogen) atoms. The molecule has 8 heteroatoms. The van der Waals surface area contributed by atoms with Crippen LogP contribution in [0.1, 0.15) is 22.1 Å². The van der Waals surface area contributed by atoms with Crippen molar-refractivity contribution in [2.75, 3.05) is 18.4 Å². The van der Waals surface area contributed by atoms with Crippen molar-refractivity contribution >= 4 is 43.5 Å². The average Bonchev–Trinajstić information content (AvgIpc) is 2.80. The molecule has 110 valence electrons. The maximum absolute atomic E-state index is 12.3. The van der Waals surface area contributed by atoms with Gasteiger partial charge in [-0.05, 0) is 56.5 Å². The Bertz CT molecular complexity index is 673. The van der Waals surface area contributed by atoms with Crippen LogP contribution in [0.25, 0.3) is 0 Å². The molecule has 1 saturated heterocycles. The number of aromatic nitrogens is 3. The fourth-order valence-corrected chi connectivity index (χ4v) is 3.63. The molecule has 1 fully saturated rings. The zero-order valence-electron chi connectivity index (χ0n) is 11.2. The number of rotatable bonds is 3. The highest BCUT2D eigenvalue weighted by molar-refractivity contribution is 9.11. The van der Waals surface area contributed by atoms with Gasteiger partial charge >= 0.3 is 0 Å². The van der Waals surface area contributed by atoms with Crippen molar-refractivity contribution in [3.63, 3.8) is 0 Å². The highest BCUT2D eigenvalue weighted by atomic mass is 79.9. The predicted molar refractivity (Wildman–Crippen MR) is 86.5 cm³/mol. The lowest BCUT2D eigenvalue weighted by Gasteiger charge is -2.26. The van der Waals surface area contributed by atoms with Gasteiger partial charge in [0.25, 0.3) is 5.91 Å². The van der Waals surface area contributed by atoms with Gasteiger partial charge in [0.15, 0.2) is 5.69 Å². The molecular weight excluding hydrogens is 402 g/mol. The van der Waals surface area contributed by atoms with Crippen LogP contribution >= 0.6 is 31.9 Å². The van der Waals surface area contributed by atoms with Crippen LogP contribution in [0.5, 0.6) is 0 Å². The van der Waals surface area contributed by atoms with Crippen molar-refractivity contribution in [2.24, 2.45) is 0 Å². The minimum Gasteiger partial charge on any atom is -0.319 e. The standard InChI is InChI=1S/C13H13Br2N5O/c1-7-2-9(14)12(10(15)3-7)17-13(21)11-6-20(19-18-11)8-4-16-5-8/h2-3,6,8,16H,4-5H2,1H3,(H,17,21). The van der Waals surface area contributed by atoms with E-state index in [1.165, 1.54) is 0 Å². The van der Waals surface area contributed by atoms with Gasteiger partial charge < -0.3 is 10.6 Å². The molecule has 1 amide bonds. The summed E-state index contributed by atoms with van der Waals surface area (Å²) in [7, 11) is 0. The summed E-state index contributed by atoms with van der Waals surface area (Å²) in [5.41, 5.74) is 2.09. The molecule has 1 aromatic heterocycles. The van der Waals surface area contributed by atoms with E-state index in [0.717, 1.165) is 27.6 Å². The highest BCUT2D eigenvalue weighted by Crippen LogP contribution is 2.32. The normalized spacial score (nSPS) is 14.8. The number of aryl methyl sites for hydroxylation is 1. The number of amides is 1. The molecule has 0 spiro atoms. The maximum atomic E-state index is 12.3. The quantitative estimate of drug-likeness (QED) is 0.809. The molecule has 1 aliphatic heterocycles. The largest absolute Gasteiger partial charge is 0.319 e. The van der Waals surface area contributed by atoms with Gasteiger partial charge in [-0.2, -0.15) is 0 Å². The number of benzene rings is 1. The van der Waals surface area contributed by atoms with Crippen molar-refractivity contribution in [3.8, 4) is 0 Å². The van der Waals surface area contributed by atoms with Gasteiger partial charge in [-0.25, -0.2) is 4.68 Å². The monoisotopic (exact) mass is 413 g/mol. The summed E-state index contributed by atoms with van der Waals surface area (Å²) >= 11 is 6.91. The number of carbonyl (C=O) groups excluding carboxylic acids is 1. The number of nitrogens with zero attached hydrogens (tertiary/aromatic N) is 3. The Morgan fingerprint density at radius 2 is 2.05 bits per heavy atom. The van der Waals surface area contributed by atoms with Gasteiger partial charge in [0, 0.05) is 22.0 Å². The Hall–Kier alpha value is -1.25. The predicted octanol–water partition coefficient (Wildman–Crippen LogP) is 2.51. The molecule has 1 aliphatic rings. The third-order valence-electron chi connectivity index (χ3n) is 3.30. The summed E-state index contributed by atoms with van der Waals surface area (Å²) in [5, 5.41) is 13.9. The van der Waals surface area contributed by atoms with Crippen LogP contribution in [0.15, 0.2) is 27.3 Å². The van der Waals surface area contributed by atoms with Crippen LogP contribution in [0.3, 0.4) is 0 Å². The second-order valence-electron chi connectivity index (χ2n) is 4.95. The van der Waals surface area contributed by atoms with Crippen molar-refractivity contribution in [3.05, 3.63) is 38.5 Å². The number of hydrogen-bond donors (Lipinski definition) is 2. The Morgan fingerprint density at radius 3 is 2.62 bits per heavy atom. The van der Waals surface area contributed by atoms with E-state index in [2.05, 4.69) is 52.8 Å². The number of hydrogen-bond acceptors (Lipinski definition) is 4. The zero-order valence-corrected chi connectivity index (χ0v) is 14.4. The van der Waals surface area contributed by atoms with E-state index >= 15 is 0 Å². The molecule has 3 rings (SSSR count). The van der Waals surface area contributed by atoms with Crippen molar-refractivity contribution < 1.29 is 4.79 Å². The van der Waals surface area contributed by atoms with Gasteiger partial charge in [0.05, 0.1) is 17.9 Å². The number of carbonyl (C=O) groups is 1. The van der Waals surface area contributed by atoms with Crippen LogP contribution in [0.2, 0.25) is 0 Å². The summed E-state index contributed by atoms with van der Waals surface area (Å²) in [5.74, 6) is -0.279. The Balaban J connectivity index is 1.78. The summed E-state index contributed by atoms with van der Waals surface area (Å²) in [4.78, 5) is 12.3. The molecule has 0 bridgehead atoms. The SMILES string of the molecule is Cc1cc(Br)c(NC(=O)c2cn(C3CNC3)nn2)c(Br)c1. The van der Waals surface area contributed by atoms with Gasteiger partial charge in [0.2, 0.25) is 0 Å². The molecule has 2 heterocycles. The smallest absolute Gasteiger partial charge is 0.277 e. The second kappa shape index (κ2) is 5.86. The summed E-state index contributed by atoms with van der Waals surface area (Å²) in [6.07, 6.45) is 1.68. The molecule has 0 aliphatic carbocycles. The summed E-state index contributed by atoms with van der Waals surface area (Å²) in [6, 6.07) is 4.17. The molecule has 2 aromatic rings. The topological polar surface area (TPSA) is 71.8 Å². The van der Waals surface area contributed by atoms with E-state index in [-0.39, 0.29) is 11.9 Å². The van der Waals surface area contributed by atoms with Crippen LogP contribution < -0.4 is 10.6 Å². The van der Waals surface area contributed by atoms with E-state index in [1.54, 1.807) is 10.9 Å². The molecule has 6 nitrogen and oxygen atoms in total. The molecule has 0 unspecified atom stereocenters. The summed E-state index contributed by atoms with van der Waals surface area (Å²) < 4.78 is 3.36. The van der Waals surface area contributed by atoms with Gasteiger partial charge in [-0.1, -0.05) is 5.21 Å². The molecule has 2 N–H and O–H groups in total. The minimum absolute atomic E-state index is 0.279. The minimum atomic E-state index is -0.279. The molecule has 0 radical (unpaired) electrons. The van der Waals surface area contributed by atoms with E-state index < -0.39 is 0 Å². The first kappa shape index (κ1) is 14.7. The average molecular weight is 415 g/mol. The fraction of sp³-hybridized carbons (Fsp3) is 0.308. The van der Waals surface area contributed by atoms with Crippen LogP contribution in [0, 0.1) is 6.92 Å². The van der Waals surface area contributed by atoms with Gasteiger partial charge in [-0.15, -0.1) is 5.10 Å². The summed E-state index contributed by atoms with van der Waals surface area (Å²) in [6.45, 7) is 3.71. The van der Waals surface area contributed by atoms with Gasteiger partial charge in [-0.3, -0.25) is 4.79 Å². The van der Waals surface area contributed by atoms with E-state index in [1.807, 2.05) is 19.1 Å². The van der Waals surface area contributed by atoms with Crippen molar-refractivity contribution in [1.82, 2.24) is 20.3 Å². The Labute approximate surface area is 138 Å². The van der Waals surface area contributed by atoms with Crippen LogP contribution in [-0.2, 0) is 0 Å². The van der Waals surface area contributed by atoms with Crippen molar-refractivity contribution in [1.29, 1.82) is 0 Å². The number of anilines is 1. The third kappa shape index (κ3) is 3.02. The first-order valence-corrected chi connectivity index (χ1v) is 8.03. The molecule has 0 saturated carbocycles. The first-order valence-electron chi connectivity index (χ1n) is 6.44. The van der Waals surface area contributed by atoms with E-state index in [4.69, 9.17) is 0 Å². The Kier molecular flexibility index (Phi) is 4.10. The molecule has 0 atom stereocenters. The fourth-order valence-electron chi connectivity index (χ4n) is 2.02. The number of nitrogens with one attached hydrogen (secondary N) is 2. The number of halogens is 2. The Morgan fingerprint density at radius 1 is 1.38 bits per heavy atom. The highest BCUT2D eigenvalue weighted by Gasteiger charge is 2.22. The molecule has 1 aromatic carbocycles. The van der Waals surface area contributed by atoms with E-state index in [0.29, 0.717) is 11.4 Å². The van der Waals surface area contributed by atoms with Crippen LogP contribution in [0.4, 0.5) is 5.69 Å². The van der Waals surface area contributed by atoms with E-state index in [9.17, 15) is 4.79 Å². The lowest BCUT2D eigenvalue weighted by atomic mass is 10.2. The van der Waals surface area contributed by atoms with Gasteiger partial charge in [0.1, 0.15) is 0 Å².